The SMILES string of the molecule is COC(=O)c1nc(N/N=C(/C)c2ccccc2)sc1-c1ccccc1. The van der Waals surface area contributed by atoms with Gasteiger partial charge in [0.1, 0.15) is 0 Å². The Morgan fingerprint density at radius 3 is 2.36 bits per heavy atom. The van der Waals surface area contributed by atoms with Crippen LogP contribution in [0.5, 0.6) is 0 Å². The van der Waals surface area contributed by atoms with Crippen molar-refractivity contribution in [2.45, 2.75) is 6.92 Å². The van der Waals surface area contributed by atoms with Crippen molar-refractivity contribution in [3.8, 4) is 10.4 Å². The van der Waals surface area contributed by atoms with E-state index in [2.05, 4.69) is 15.5 Å². The molecule has 0 aliphatic heterocycles. The summed E-state index contributed by atoms with van der Waals surface area (Å²) in [7, 11) is 1.35. The van der Waals surface area contributed by atoms with Crippen LogP contribution in [0.4, 0.5) is 5.13 Å². The molecule has 0 saturated heterocycles. The van der Waals surface area contributed by atoms with Gasteiger partial charge in [-0.05, 0) is 18.1 Å². The van der Waals surface area contributed by atoms with Crippen LogP contribution in [0.1, 0.15) is 23.0 Å². The Labute approximate surface area is 150 Å². The normalized spacial score (nSPS) is 11.2. The molecule has 0 atom stereocenters. The van der Waals surface area contributed by atoms with Crippen LogP contribution < -0.4 is 5.43 Å². The van der Waals surface area contributed by atoms with E-state index in [1.807, 2.05) is 67.6 Å². The lowest BCUT2D eigenvalue weighted by Gasteiger charge is -2.00. The zero-order valence-electron chi connectivity index (χ0n) is 13.9. The fraction of sp³-hybridized carbons (Fsp3) is 0.105. The highest BCUT2D eigenvalue weighted by atomic mass is 32.1. The van der Waals surface area contributed by atoms with Crippen LogP contribution in [-0.2, 0) is 4.74 Å². The molecule has 1 aromatic heterocycles. The minimum atomic E-state index is -0.466. The van der Waals surface area contributed by atoms with Crippen LogP contribution in [0.2, 0.25) is 0 Å². The van der Waals surface area contributed by atoms with Crippen molar-refractivity contribution in [3.05, 3.63) is 71.9 Å². The predicted octanol–water partition coefficient (Wildman–Crippen LogP) is 4.43. The molecule has 3 aromatic rings. The van der Waals surface area contributed by atoms with Crippen molar-refractivity contribution in [3.63, 3.8) is 0 Å². The number of anilines is 1. The van der Waals surface area contributed by atoms with E-state index in [9.17, 15) is 4.79 Å². The maximum absolute atomic E-state index is 12.0. The second-order valence-corrected chi connectivity index (χ2v) is 6.23. The first-order chi connectivity index (χ1) is 12.2. The van der Waals surface area contributed by atoms with Crippen molar-refractivity contribution in [1.82, 2.24) is 4.98 Å². The molecule has 0 amide bonds. The number of thiazole rings is 1. The molecule has 0 fully saturated rings. The summed E-state index contributed by atoms with van der Waals surface area (Å²) in [4.78, 5) is 17.1. The van der Waals surface area contributed by atoms with E-state index in [-0.39, 0.29) is 5.69 Å². The maximum Gasteiger partial charge on any atom is 0.358 e. The molecule has 126 valence electrons. The summed E-state index contributed by atoms with van der Waals surface area (Å²) in [5.41, 5.74) is 5.99. The standard InChI is InChI=1S/C19H17N3O2S/c1-13(14-9-5-3-6-10-14)21-22-19-20-16(18(23)24-2)17(25-19)15-11-7-4-8-12-15/h3-12H,1-2H3,(H,20,22)/b21-13-. The lowest BCUT2D eigenvalue weighted by Crippen LogP contribution is -2.04. The van der Waals surface area contributed by atoms with E-state index >= 15 is 0 Å². The average Bonchev–Trinajstić information content (AvgIpc) is 3.11. The topological polar surface area (TPSA) is 63.6 Å². The number of nitrogens with one attached hydrogen (secondary N) is 1. The lowest BCUT2D eigenvalue weighted by molar-refractivity contribution is 0.0596. The Kier molecular flexibility index (Phi) is 5.20. The summed E-state index contributed by atoms with van der Waals surface area (Å²) in [6.07, 6.45) is 0. The molecule has 5 nitrogen and oxygen atoms in total. The third-order valence-electron chi connectivity index (χ3n) is 3.55. The summed E-state index contributed by atoms with van der Waals surface area (Å²) in [5.74, 6) is -0.466. The number of methoxy groups -OCH3 is 1. The van der Waals surface area contributed by atoms with Crippen LogP contribution >= 0.6 is 11.3 Å². The van der Waals surface area contributed by atoms with Gasteiger partial charge in [0.2, 0.25) is 5.13 Å². The minimum Gasteiger partial charge on any atom is -0.464 e. The average molecular weight is 351 g/mol. The molecule has 0 radical (unpaired) electrons. The van der Waals surface area contributed by atoms with Gasteiger partial charge in [-0.1, -0.05) is 72.0 Å². The Hall–Kier alpha value is -2.99. The molecule has 0 aliphatic carbocycles. The second kappa shape index (κ2) is 7.72. The first kappa shape index (κ1) is 16.9. The summed E-state index contributed by atoms with van der Waals surface area (Å²) >= 11 is 1.36. The smallest absolute Gasteiger partial charge is 0.358 e. The van der Waals surface area contributed by atoms with E-state index in [1.54, 1.807) is 0 Å². The zero-order chi connectivity index (χ0) is 17.6. The minimum absolute atomic E-state index is 0.286. The van der Waals surface area contributed by atoms with Crippen molar-refractivity contribution in [2.24, 2.45) is 5.10 Å². The molecule has 0 unspecified atom stereocenters. The Bertz CT molecular complexity index is 890. The number of aromatic nitrogens is 1. The van der Waals surface area contributed by atoms with Crippen LogP contribution in [0.3, 0.4) is 0 Å². The molecule has 3 rings (SSSR count). The van der Waals surface area contributed by atoms with Gasteiger partial charge >= 0.3 is 5.97 Å². The first-order valence-corrected chi connectivity index (χ1v) is 8.51. The van der Waals surface area contributed by atoms with Gasteiger partial charge in [-0.2, -0.15) is 5.10 Å². The van der Waals surface area contributed by atoms with Crippen molar-refractivity contribution >= 4 is 28.1 Å². The molecule has 6 heteroatoms. The van der Waals surface area contributed by atoms with E-state index in [0.29, 0.717) is 5.13 Å². The summed E-state index contributed by atoms with van der Waals surface area (Å²) in [5, 5.41) is 4.90. The molecular formula is C19H17N3O2S. The van der Waals surface area contributed by atoms with Gasteiger partial charge in [0.25, 0.3) is 0 Å². The quantitative estimate of drug-likeness (QED) is 0.419. The van der Waals surface area contributed by atoms with Crippen molar-refractivity contribution < 1.29 is 9.53 Å². The molecule has 0 spiro atoms. The largest absolute Gasteiger partial charge is 0.464 e. The number of benzene rings is 2. The number of nitrogens with zero attached hydrogens (tertiary/aromatic N) is 2. The number of esters is 1. The van der Waals surface area contributed by atoms with Gasteiger partial charge in [0, 0.05) is 0 Å². The molecule has 2 aromatic carbocycles. The Morgan fingerprint density at radius 2 is 1.72 bits per heavy atom. The zero-order valence-corrected chi connectivity index (χ0v) is 14.7. The summed E-state index contributed by atoms with van der Waals surface area (Å²) in [6.45, 7) is 1.91. The van der Waals surface area contributed by atoms with Gasteiger partial charge < -0.3 is 4.74 Å². The number of rotatable bonds is 5. The Balaban J connectivity index is 1.90. The van der Waals surface area contributed by atoms with Crippen molar-refractivity contribution in [2.75, 3.05) is 12.5 Å². The second-order valence-electron chi connectivity index (χ2n) is 5.23. The molecule has 1 N–H and O–H groups in total. The number of ether oxygens (including phenoxy) is 1. The van der Waals surface area contributed by atoms with Gasteiger partial charge in [0.15, 0.2) is 5.69 Å². The molecule has 1 heterocycles. The fourth-order valence-electron chi connectivity index (χ4n) is 2.26. The van der Waals surface area contributed by atoms with Crippen LogP contribution in [0.25, 0.3) is 10.4 Å². The Morgan fingerprint density at radius 1 is 1.08 bits per heavy atom. The van der Waals surface area contributed by atoms with Crippen LogP contribution in [-0.4, -0.2) is 23.8 Å². The highest BCUT2D eigenvalue weighted by Gasteiger charge is 2.20. The van der Waals surface area contributed by atoms with Gasteiger partial charge in [-0.25, -0.2) is 9.78 Å². The number of hydrazone groups is 1. The molecule has 0 bridgehead atoms. The van der Waals surface area contributed by atoms with Crippen LogP contribution in [0.15, 0.2) is 65.8 Å². The molecule has 0 saturated carbocycles. The van der Waals surface area contributed by atoms with Gasteiger partial charge in [0.05, 0.1) is 17.7 Å². The maximum atomic E-state index is 12.0. The lowest BCUT2D eigenvalue weighted by atomic mass is 10.1. The molecular weight excluding hydrogens is 334 g/mol. The fourth-order valence-corrected chi connectivity index (χ4v) is 3.16. The highest BCUT2D eigenvalue weighted by molar-refractivity contribution is 7.19. The van der Waals surface area contributed by atoms with E-state index in [1.165, 1.54) is 18.4 Å². The number of hydrogen-bond donors (Lipinski definition) is 1. The first-order valence-electron chi connectivity index (χ1n) is 7.69. The van der Waals surface area contributed by atoms with E-state index < -0.39 is 5.97 Å². The number of carbonyl (C=O) groups is 1. The summed E-state index contributed by atoms with van der Waals surface area (Å²) < 4.78 is 4.85. The third kappa shape index (κ3) is 3.92. The highest BCUT2D eigenvalue weighted by Crippen LogP contribution is 2.33. The number of hydrogen-bond acceptors (Lipinski definition) is 6. The van der Waals surface area contributed by atoms with E-state index in [0.717, 1.165) is 21.7 Å². The predicted molar refractivity (Wildman–Crippen MR) is 101 cm³/mol. The monoisotopic (exact) mass is 351 g/mol. The van der Waals surface area contributed by atoms with Gasteiger partial charge in [-0.15, -0.1) is 0 Å². The third-order valence-corrected chi connectivity index (χ3v) is 4.56. The van der Waals surface area contributed by atoms with Crippen molar-refractivity contribution in [1.29, 1.82) is 0 Å². The molecule has 25 heavy (non-hydrogen) atoms. The van der Waals surface area contributed by atoms with E-state index in [4.69, 9.17) is 4.74 Å². The van der Waals surface area contributed by atoms with Gasteiger partial charge in [-0.3, -0.25) is 5.43 Å². The number of carbonyl (C=O) groups excluding carboxylic acids is 1. The summed E-state index contributed by atoms with van der Waals surface area (Å²) in [6, 6.07) is 19.5. The molecule has 0 aliphatic rings. The van der Waals surface area contributed by atoms with Crippen LogP contribution in [0, 0.1) is 0 Å².